The molecule has 3 aromatic rings. The average molecular weight is 533 g/mol. The van der Waals surface area contributed by atoms with E-state index in [1.165, 1.54) is 0 Å². The summed E-state index contributed by atoms with van der Waals surface area (Å²) in [4.78, 5) is 33.2. The summed E-state index contributed by atoms with van der Waals surface area (Å²) in [5, 5.41) is 0. The van der Waals surface area contributed by atoms with Crippen molar-refractivity contribution in [2.75, 3.05) is 43.9 Å². The van der Waals surface area contributed by atoms with Crippen molar-refractivity contribution in [1.82, 2.24) is 14.6 Å². The van der Waals surface area contributed by atoms with Gasteiger partial charge >= 0.3 is 0 Å². The molecule has 1 aliphatic heterocycles. The van der Waals surface area contributed by atoms with E-state index in [4.69, 9.17) is 4.74 Å². The van der Waals surface area contributed by atoms with Crippen molar-refractivity contribution >= 4 is 27.5 Å². The molecule has 0 spiro atoms. The Bertz CT molecular complexity index is 1490. The summed E-state index contributed by atoms with van der Waals surface area (Å²) in [5.41, 5.74) is 3.09. The lowest BCUT2D eigenvalue weighted by atomic mass is 10.1. The molecule has 4 rings (SSSR count). The van der Waals surface area contributed by atoms with Crippen LogP contribution in [0.4, 0.5) is 5.69 Å². The number of sulfonamides is 1. The molecule has 2 aromatic carbocycles. The third-order valence-corrected chi connectivity index (χ3v) is 6.38. The van der Waals surface area contributed by atoms with Crippen LogP contribution in [0, 0.1) is 11.8 Å². The Morgan fingerprint density at radius 2 is 1.66 bits per heavy atom. The minimum absolute atomic E-state index is 0.105. The van der Waals surface area contributed by atoms with Gasteiger partial charge in [0.1, 0.15) is 5.75 Å². The summed E-state index contributed by atoms with van der Waals surface area (Å²) in [6, 6.07) is 16.0. The van der Waals surface area contributed by atoms with E-state index >= 15 is 0 Å². The fourth-order valence-electron chi connectivity index (χ4n) is 4.00. The van der Waals surface area contributed by atoms with Crippen molar-refractivity contribution < 1.29 is 22.7 Å². The molecule has 0 unspecified atom stereocenters. The van der Waals surface area contributed by atoms with E-state index < -0.39 is 15.9 Å². The fraction of sp³-hybridized carbons (Fsp3) is 0.250. The normalized spacial score (nSPS) is 13.3. The molecular weight excluding hydrogens is 504 g/mol. The number of rotatable bonds is 6. The molecule has 2 heterocycles. The topological polar surface area (TPSA) is 109 Å². The number of piperazine rings is 1. The Kier molecular flexibility index (Phi) is 8.28. The zero-order valence-electron chi connectivity index (χ0n) is 21.2. The van der Waals surface area contributed by atoms with Gasteiger partial charge in [-0.15, -0.1) is 0 Å². The molecule has 1 fully saturated rings. The fourth-order valence-corrected chi connectivity index (χ4v) is 4.46. The van der Waals surface area contributed by atoms with Gasteiger partial charge in [-0.2, -0.15) is 0 Å². The maximum absolute atomic E-state index is 13.1. The van der Waals surface area contributed by atoms with E-state index in [0.29, 0.717) is 43.9 Å². The number of ether oxygens (including phenoxy) is 1. The monoisotopic (exact) mass is 532 g/mol. The summed E-state index contributed by atoms with van der Waals surface area (Å²) in [6.45, 7) is 4.78. The van der Waals surface area contributed by atoms with Gasteiger partial charge in [0.2, 0.25) is 10.0 Å². The molecule has 1 N–H and O–H groups in total. The minimum atomic E-state index is -3.63. The minimum Gasteiger partial charge on any atom is -0.494 e. The van der Waals surface area contributed by atoms with E-state index in [1.807, 2.05) is 35.9 Å². The van der Waals surface area contributed by atoms with Gasteiger partial charge in [0.15, 0.2) is 0 Å². The molecule has 1 aromatic heterocycles. The summed E-state index contributed by atoms with van der Waals surface area (Å²) in [5.74, 6) is 6.15. The maximum atomic E-state index is 13.1. The average Bonchev–Trinajstić information content (AvgIpc) is 2.91. The molecule has 0 atom stereocenters. The Morgan fingerprint density at radius 1 is 0.947 bits per heavy atom. The predicted molar refractivity (Wildman–Crippen MR) is 145 cm³/mol. The first-order valence-corrected chi connectivity index (χ1v) is 14.0. The Balaban J connectivity index is 1.36. The van der Waals surface area contributed by atoms with Crippen LogP contribution >= 0.6 is 0 Å². The quantitative estimate of drug-likeness (QED) is 0.486. The zero-order valence-corrected chi connectivity index (χ0v) is 22.0. The molecule has 0 radical (unpaired) electrons. The molecule has 0 saturated carbocycles. The van der Waals surface area contributed by atoms with Gasteiger partial charge in [-0.05, 0) is 55.5 Å². The number of benzene rings is 2. The molecule has 0 aliphatic carbocycles. The van der Waals surface area contributed by atoms with Crippen LogP contribution < -0.4 is 14.4 Å². The van der Waals surface area contributed by atoms with E-state index in [1.54, 1.807) is 47.6 Å². The molecular formula is C28H28N4O5S. The molecule has 1 saturated heterocycles. The predicted octanol–water partition coefficient (Wildman–Crippen LogP) is 2.53. The first kappa shape index (κ1) is 26.7. The number of hydrogen-bond acceptors (Lipinski definition) is 7. The largest absolute Gasteiger partial charge is 0.494 e. The number of carbonyl (C=O) groups is 2. The molecule has 196 valence electrons. The van der Waals surface area contributed by atoms with Crippen molar-refractivity contribution in [2.24, 2.45) is 0 Å². The summed E-state index contributed by atoms with van der Waals surface area (Å²) in [6.07, 6.45) is 4.12. The lowest BCUT2D eigenvalue weighted by Crippen LogP contribution is -2.48. The zero-order chi connectivity index (χ0) is 27.1. The summed E-state index contributed by atoms with van der Waals surface area (Å²) < 4.78 is 30.0. The van der Waals surface area contributed by atoms with Crippen LogP contribution in [-0.2, 0) is 10.0 Å². The highest BCUT2D eigenvalue weighted by Crippen LogP contribution is 2.19. The van der Waals surface area contributed by atoms with E-state index in [9.17, 15) is 18.0 Å². The third-order valence-electron chi connectivity index (χ3n) is 5.82. The number of amides is 2. The maximum Gasteiger partial charge on any atom is 0.264 e. The number of anilines is 1. The Labute approximate surface area is 222 Å². The van der Waals surface area contributed by atoms with Crippen LogP contribution in [0.15, 0.2) is 67.0 Å². The van der Waals surface area contributed by atoms with E-state index in [2.05, 4.69) is 21.7 Å². The van der Waals surface area contributed by atoms with Gasteiger partial charge in [-0.25, -0.2) is 13.1 Å². The van der Waals surface area contributed by atoms with Crippen LogP contribution in [0.2, 0.25) is 0 Å². The van der Waals surface area contributed by atoms with Crippen LogP contribution in [0.25, 0.3) is 0 Å². The second-order valence-corrected chi connectivity index (χ2v) is 10.5. The van der Waals surface area contributed by atoms with Gasteiger partial charge in [-0.1, -0.05) is 17.9 Å². The number of carbonyl (C=O) groups excluding carboxylic acids is 2. The van der Waals surface area contributed by atoms with Gasteiger partial charge in [0.25, 0.3) is 11.8 Å². The molecule has 10 heteroatoms. The molecule has 38 heavy (non-hydrogen) atoms. The smallest absolute Gasteiger partial charge is 0.264 e. The number of hydrogen-bond donors (Lipinski definition) is 1. The van der Waals surface area contributed by atoms with Gasteiger partial charge in [0, 0.05) is 61.0 Å². The number of aromatic nitrogens is 1. The Morgan fingerprint density at radius 3 is 2.34 bits per heavy atom. The van der Waals surface area contributed by atoms with Crippen LogP contribution in [0.5, 0.6) is 5.75 Å². The number of nitrogens with one attached hydrogen (secondary N) is 1. The second kappa shape index (κ2) is 11.8. The van der Waals surface area contributed by atoms with Crippen molar-refractivity contribution in [3.63, 3.8) is 0 Å². The van der Waals surface area contributed by atoms with E-state index in [-0.39, 0.29) is 11.5 Å². The second-order valence-electron chi connectivity index (χ2n) is 8.70. The lowest BCUT2D eigenvalue weighted by molar-refractivity contribution is 0.0746. The van der Waals surface area contributed by atoms with Gasteiger partial charge in [-0.3, -0.25) is 14.6 Å². The third kappa shape index (κ3) is 7.11. The first-order valence-electron chi connectivity index (χ1n) is 12.1. The highest BCUT2D eigenvalue weighted by Gasteiger charge is 2.23. The molecule has 0 bridgehead atoms. The molecule has 2 amide bonds. The highest BCUT2D eigenvalue weighted by atomic mass is 32.2. The van der Waals surface area contributed by atoms with Crippen molar-refractivity contribution in [3.8, 4) is 17.6 Å². The number of pyridine rings is 1. The van der Waals surface area contributed by atoms with Crippen molar-refractivity contribution in [1.29, 1.82) is 0 Å². The molecule has 1 aliphatic rings. The van der Waals surface area contributed by atoms with Crippen LogP contribution in [-0.4, -0.2) is 69.2 Å². The lowest BCUT2D eigenvalue weighted by Gasteiger charge is -2.36. The number of nitrogens with zero attached hydrogens (tertiary/aromatic N) is 3. The summed E-state index contributed by atoms with van der Waals surface area (Å²) in [7, 11) is -3.63. The Hall–Kier alpha value is -4.36. The summed E-state index contributed by atoms with van der Waals surface area (Å²) >= 11 is 0. The highest BCUT2D eigenvalue weighted by molar-refractivity contribution is 7.89. The van der Waals surface area contributed by atoms with Gasteiger partial charge in [0.05, 0.1) is 18.4 Å². The van der Waals surface area contributed by atoms with Crippen LogP contribution in [0.3, 0.4) is 0 Å². The first-order chi connectivity index (χ1) is 18.2. The SMILES string of the molecule is CCOc1cccc(C#Cc2cncc(C(=O)N3CCN(c4ccc(C(=O)NS(C)(=O)=O)cc4)CC3)c2)c1. The molecule has 9 nitrogen and oxygen atoms in total. The van der Waals surface area contributed by atoms with E-state index in [0.717, 1.165) is 23.3 Å². The van der Waals surface area contributed by atoms with Crippen molar-refractivity contribution in [2.45, 2.75) is 6.92 Å². The van der Waals surface area contributed by atoms with Crippen molar-refractivity contribution in [3.05, 3.63) is 89.2 Å². The van der Waals surface area contributed by atoms with Crippen LogP contribution in [0.1, 0.15) is 38.8 Å². The standard InChI is InChI=1S/C28H28N4O5S/c1-3-37-26-6-4-5-21(18-26)7-8-22-17-24(20-29-19-22)28(34)32-15-13-31(14-16-32)25-11-9-23(10-12-25)27(33)30-38(2,35)36/h4-6,9-12,17-20H,3,13-16H2,1-2H3,(H,30,33). The van der Waals surface area contributed by atoms with Gasteiger partial charge < -0.3 is 14.5 Å².